The van der Waals surface area contributed by atoms with Gasteiger partial charge in [0, 0.05) is 40.9 Å². The number of rotatable bonds is 9. The van der Waals surface area contributed by atoms with E-state index in [0.717, 1.165) is 60.9 Å². The number of benzene rings is 1. The van der Waals surface area contributed by atoms with E-state index >= 15 is 0 Å². The van der Waals surface area contributed by atoms with Gasteiger partial charge >= 0.3 is 0 Å². The van der Waals surface area contributed by atoms with Gasteiger partial charge in [-0.15, -0.1) is 0 Å². The minimum atomic E-state index is -2.47. The molecular weight excluding hydrogens is 492 g/mol. The van der Waals surface area contributed by atoms with Crippen molar-refractivity contribution in [2.75, 3.05) is 19.7 Å². The Morgan fingerprint density at radius 3 is 2.76 bits per heavy atom. The number of halogens is 2. The molecule has 0 radical (unpaired) electrons. The van der Waals surface area contributed by atoms with Gasteiger partial charge in [-0.25, -0.2) is 13.8 Å². The molecule has 0 spiro atoms. The molecule has 2 aliphatic heterocycles. The van der Waals surface area contributed by atoms with Crippen molar-refractivity contribution in [1.82, 2.24) is 14.9 Å². The molecule has 0 N–H and O–H groups in total. The van der Waals surface area contributed by atoms with E-state index in [4.69, 9.17) is 4.74 Å². The predicted molar refractivity (Wildman–Crippen MR) is 141 cm³/mol. The number of ketones is 1. The first kappa shape index (κ1) is 24.9. The Kier molecular flexibility index (Phi) is 7.21. The second-order valence-electron chi connectivity index (χ2n) is 10.9. The zero-order valence-corrected chi connectivity index (χ0v) is 21.8. The highest BCUT2D eigenvalue weighted by Gasteiger charge is 2.41. The van der Waals surface area contributed by atoms with E-state index in [9.17, 15) is 13.6 Å². The number of fused-ring (bicyclic) bond motifs is 3. The Morgan fingerprint density at radius 2 is 1.92 bits per heavy atom. The number of aromatic nitrogens is 2. The number of alkyl halides is 2. The van der Waals surface area contributed by atoms with E-state index < -0.39 is 13.0 Å². The number of hydrogen-bond acceptors (Lipinski definition) is 6. The third-order valence-electron chi connectivity index (χ3n) is 8.58. The van der Waals surface area contributed by atoms with Crippen LogP contribution in [-0.4, -0.2) is 46.8 Å². The maximum atomic E-state index is 13.1. The first-order valence-corrected chi connectivity index (χ1v) is 14.4. The summed E-state index contributed by atoms with van der Waals surface area (Å²) in [5, 5.41) is 1.35. The van der Waals surface area contributed by atoms with Crippen molar-refractivity contribution in [2.45, 2.75) is 69.8 Å². The van der Waals surface area contributed by atoms with Crippen LogP contribution < -0.4 is 4.74 Å². The zero-order valence-electron chi connectivity index (χ0n) is 21.0. The maximum Gasteiger partial charge on any atom is 0.273 e. The number of hydrogen-bond donors (Lipinski definition) is 0. The van der Waals surface area contributed by atoms with E-state index in [1.165, 1.54) is 35.5 Å². The summed E-state index contributed by atoms with van der Waals surface area (Å²) in [5.74, 6) is 1.86. The molecule has 5 nitrogen and oxygen atoms in total. The SMILES string of the molecule is O=C(CC1CCC(CCN2C[C@H]3CC[C@@H]2c2nc(OCC(F)F)sc23)CC1)c1cccc2ncccc12. The molecule has 196 valence electrons. The van der Waals surface area contributed by atoms with Crippen LogP contribution in [0.3, 0.4) is 0 Å². The number of nitrogens with zero attached hydrogens (tertiary/aromatic N) is 3. The largest absolute Gasteiger partial charge is 0.464 e. The summed E-state index contributed by atoms with van der Waals surface area (Å²) >= 11 is 1.47. The highest BCUT2D eigenvalue weighted by molar-refractivity contribution is 7.13. The maximum absolute atomic E-state index is 13.1. The van der Waals surface area contributed by atoms with E-state index in [0.29, 0.717) is 35.4 Å². The van der Waals surface area contributed by atoms with Crippen molar-refractivity contribution >= 4 is 28.0 Å². The Morgan fingerprint density at radius 1 is 1.08 bits per heavy atom. The van der Waals surface area contributed by atoms with Gasteiger partial charge < -0.3 is 4.74 Å². The van der Waals surface area contributed by atoms with Gasteiger partial charge in [0.25, 0.3) is 11.6 Å². The molecule has 0 unspecified atom stereocenters. The van der Waals surface area contributed by atoms with Crippen LogP contribution in [0.1, 0.15) is 84.3 Å². The van der Waals surface area contributed by atoms with E-state index in [1.807, 2.05) is 30.3 Å². The number of carbonyl (C=O) groups excluding carboxylic acids is 1. The van der Waals surface area contributed by atoms with Crippen molar-refractivity contribution < 1.29 is 18.3 Å². The highest BCUT2D eigenvalue weighted by atomic mass is 32.1. The van der Waals surface area contributed by atoms with Crippen molar-refractivity contribution in [3.8, 4) is 5.19 Å². The summed E-state index contributed by atoms with van der Waals surface area (Å²) in [6.07, 6.45) is 7.94. The highest BCUT2D eigenvalue weighted by Crippen LogP contribution is 2.50. The number of carbonyl (C=O) groups is 1. The number of Topliss-reactive ketones (excluding diaryl/α,β-unsaturated/α-hetero) is 1. The summed E-state index contributed by atoms with van der Waals surface area (Å²) in [4.78, 5) is 25.9. The number of thiazole rings is 1. The lowest BCUT2D eigenvalue weighted by Crippen LogP contribution is -2.43. The van der Waals surface area contributed by atoms with Gasteiger partial charge in [0.1, 0.15) is 0 Å². The summed E-state index contributed by atoms with van der Waals surface area (Å²) in [6, 6.07) is 10.0. The Labute approximate surface area is 220 Å². The van der Waals surface area contributed by atoms with Crippen molar-refractivity contribution in [3.63, 3.8) is 0 Å². The molecule has 2 aliphatic carbocycles. The standard InChI is InChI=1S/C29H33F2N3O2S/c30-26(31)17-36-29-33-27-24-11-10-20(28(27)37-29)16-34(24)14-12-18-6-8-19(9-7-18)15-25(35)22-3-1-5-23-21(22)4-2-13-32-23/h1-5,13,18-20,24,26H,6-12,14-17H2/t18?,19?,20-,24-/m1/s1. The van der Waals surface area contributed by atoms with Crippen LogP contribution in [0.4, 0.5) is 8.78 Å². The second kappa shape index (κ2) is 10.7. The third-order valence-corrected chi connectivity index (χ3v) is 9.72. The van der Waals surface area contributed by atoms with E-state index in [2.05, 4.69) is 14.9 Å². The summed E-state index contributed by atoms with van der Waals surface area (Å²) in [5.41, 5.74) is 2.75. The fourth-order valence-electron chi connectivity index (χ4n) is 6.66. The molecule has 8 heteroatoms. The molecule has 1 saturated carbocycles. The summed E-state index contributed by atoms with van der Waals surface area (Å²) in [7, 11) is 0. The second-order valence-corrected chi connectivity index (χ2v) is 11.9. The molecule has 1 aromatic carbocycles. The van der Waals surface area contributed by atoms with Crippen LogP contribution in [0, 0.1) is 11.8 Å². The molecule has 3 aromatic rings. The molecule has 1 saturated heterocycles. The number of ether oxygens (including phenoxy) is 1. The van der Waals surface area contributed by atoms with Gasteiger partial charge in [0.15, 0.2) is 12.4 Å². The Bertz CT molecular complexity index is 1250. The quantitative estimate of drug-likeness (QED) is 0.281. The molecule has 37 heavy (non-hydrogen) atoms. The van der Waals surface area contributed by atoms with Gasteiger partial charge in [-0.3, -0.25) is 14.7 Å². The zero-order chi connectivity index (χ0) is 25.4. The van der Waals surface area contributed by atoms with Crippen molar-refractivity contribution in [2.24, 2.45) is 11.8 Å². The van der Waals surface area contributed by atoms with Crippen LogP contribution in [0.2, 0.25) is 0 Å². The fourth-order valence-corrected chi connectivity index (χ4v) is 7.76. The minimum Gasteiger partial charge on any atom is -0.464 e. The first-order valence-electron chi connectivity index (χ1n) is 13.6. The first-order chi connectivity index (χ1) is 18.0. The lowest BCUT2D eigenvalue weighted by Gasteiger charge is -2.44. The number of pyridine rings is 1. The van der Waals surface area contributed by atoms with Crippen LogP contribution in [-0.2, 0) is 0 Å². The monoisotopic (exact) mass is 525 g/mol. The molecule has 2 aromatic heterocycles. The third kappa shape index (κ3) is 5.28. The average molecular weight is 526 g/mol. The predicted octanol–water partition coefficient (Wildman–Crippen LogP) is 7.04. The lowest BCUT2D eigenvalue weighted by atomic mass is 9.77. The molecule has 4 aliphatic rings. The summed E-state index contributed by atoms with van der Waals surface area (Å²) < 4.78 is 30.3. The Hall–Kier alpha value is -2.45. The van der Waals surface area contributed by atoms with Crippen LogP contribution in [0.15, 0.2) is 36.5 Å². The molecule has 7 rings (SSSR count). The fraction of sp³-hybridized carbons (Fsp3) is 0.552. The Balaban J connectivity index is 0.997. The summed E-state index contributed by atoms with van der Waals surface area (Å²) in [6.45, 7) is 1.51. The van der Waals surface area contributed by atoms with E-state index in [-0.39, 0.29) is 5.78 Å². The van der Waals surface area contributed by atoms with Gasteiger partial charge in [-0.05, 0) is 62.6 Å². The van der Waals surface area contributed by atoms with Crippen molar-refractivity contribution in [3.05, 3.63) is 52.7 Å². The molecule has 2 bridgehead atoms. The smallest absolute Gasteiger partial charge is 0.273 e. The minimum absolute atomic E-state index is 0.238. The van der Waals surface area contributed by atoms with E-state index in [1.54, 1.807) is 6.20 Å². The van der Waals surface area contributed by atoms with Crippen molar-refractivity contribution in [1.29, 1.82) is 0 Å². The van der Waals surface area contributed by atoms with Gasteiger partial charge in [0.05, 0.1) is 17.3 Å². The van der Waals surface area contributed by atoms with Crippen LogP contribution in [0.25, 0.3) is 10.9 Å². The molecular formula is C29H33F2N3O2S. The van der Waals surface area contributed by atoms with Crippen LogP contribution >= 0.6 is 11.3 Å². The molecule has 2 fully saturated rings. The number of piperidine rings is 1. The van der Waals surface area contributed by atoms with Crippen LogP contribution in [0.5, 0.6) is 5.19 Å². The topological polar surface area (TPSA) is 55.3 Å². The molecule has 2 atom stereocenters. The molecule has 0 amide bonds. The normalized spacial score (nSPS) is 25.5. The average Bonchev–Trinajstić information content (AvgIpc) is 3.38. The molecule has 4 heterocycles. The van der Waals surface area contributed by atoms with Gasteiger partial charge in [-0.1, -0.05) is 42.4 Å². The van der Waals surface area contributed by atoms with Gasteiger partial charge in [-0.2, -0.15) is 0 Å². The van der Waals surface area contributed by atoms with Gasteiger partial charge in [0.2, 0.25) is 0 Å². The lowest BCUT2D eigenvalue weighted by molar-refractivity contribution is 0.0802.